The van der Waals surface area contributed by atoms with Gasteiger partial charge in [-0.2, -0.15) is 11.8 Å². The summed E-state index contributed by atoms with van der Waals surface area (Å²) in [4.78, 5) is 12.0. The highest BCUT2D eigenvalue weighted by atomic mass is 32.2. The van der Waals surface area contributed by atoms with E-state index in [1.54, 1.807) is 0 Å². The van der Waals surface area contributed by atoms with E-state index in [0.29, 0.717) is 12.6 Å². The normalized spacial score (nSPS) is 18.8. The van der Waals surface area contributed by atoms with Gasteiger partial charge in [-0.3, -0.25) is 10.1 Å². The Kier molecular flexibility index (Phi) is 6.34. The topological polar surface area (TPSA) is 38.3 Å². The molecule has 1 aliphatic rings. The van der Waals surface area contributed by atoms with Gasteiger partial charge in [0, 0.05) is 6.04 Å². The molecule has 1 saturated carbocycles. The Bertz CT molecular complexity index is 244. The second-order valence-corrected chi connectivity index (χ2v) is 6.06. The Morgan fingerprint density at radius 1 is 1.41 bits per heavy atom. The molecule has 0 amide bonds. The van der Waals surface area contributed by atoms with Crippen molar-refractivity contribution in [1.82, 2.24) is 5.32 Å². The van der Waals surface area contributed by atoms with Crippen LogP contribution in [0.25, 0.3) is 0 Å². The van der Waals surface area contributed by atoms with E-state index >= 15 is 0 Å². The molecular formula is C13H25NO2S. The van der Waals surface area contributed by atoms with Gasteiger partial charge in [0.1, 0.15) is 5.54 Å². The largest absolute Gasteiger partial charge is 0.465 e. The van der Waals surface area contributed by atoms with Crippen LogP contribution in [0.4, 0.5) is 0 Å². The highest BCUT2D eigenvalue weighted by molar-refractivity contribution is 7.99. The van der Waals surface area contributed by atoms with Crippen molar-refractivity contribution in [3.8, 4) is 0 Å². The Morgan fingerprint density at radius 3 is 2.65 bits per heavy atom. The molecule has 1 rings (SSSR count). The molecule has 0 aromatic heterocycles. The van der Waals surface area contributed by atoms with Crippen molar-refractivity contribution >= 4 is 17.7 Å². The minimum atomic E-state index is -0.488. The first-order valence-electron chi connectivity index (χ1n) is 6.65. The summed E-state index contributed by atoms with van der Waals surface area (Å²) in [6.07, 6.45) is 4.43. The summed E-state index contributed by atoms with van der Waals surface area (Å²) in [5.74, 6) is 2.09. The quantitative estimate of drug-likeness (QED) is 0.510. The second-order valence-electron chi connectivity index (χ2n) is 4.83. The zero-order valence-corrected chi connectivity index (χ0v) is 12.1. The van der Waals surface area contributed by atoms with Crippen LogP contribution in [0.1, 0.15) is 46.5 Å². The molecule has 1 fully saturated rings. The fraction of sp³-hybridized carbons (Fsp3) is 0.923. The van der Waals surface area contributed by atoms with Gasteiger partial charge in [-0.15, -0.1) is 0 Å². The third-order valence-electron chi connectivity index (χ3n) is 2.92. The van der Waals surface area contributed by atoms with E-state index < -0.39 is 5.54 Å². The van der Waals surface area contributed by atoms with E-state index in [0.717, 1.165) is 12.2 Å². The van der Waals surface area contributed by atoms with Crippen molar-refractivity contribution < 1.29 is 9.53 Å². The zero-order valence-electron chi connectivity index (χ0n) is 11.3. The monoisotopic (exact) mass is 259 g/mol. The first kappa shape index (κ1) is 14.8. The van der Waals surface area contributed by atoms with Crippen LogP contribution in [0.5, 0.6) is 0 Å². The van der Waals surface area contributed by atoms with Crippen LogP contribution in [0.2, 0.25) is 0 Å². The second kappa shape index (κ2) is 7.27. The van der Waals surface area contributed by atoms with Gasteiger partial charge in [-0.05, 0) is 51.0 Å². The Labute approximate surface area is 109 Å². The van der Waals surface area contributed by atoms with Gasteiger partial charge in [-0.25, -0.2) is 0 Å². The number of carbonyl (C=O) groups is 1. The summed E-state index contributed by atoms with van der Waals surface area (Å²) in [5, 5.41) is 3.44. The number of hydrogen-bond acceptors (Lipinski definition) is 4. The summed E-state index contributed by atoms with van der Waals surface area (Å²) >= 11 is 1.92. The maximum absolute atomic E-state index is 12.0. The molecule has 1 unspecified atom stereocenters. The Morgan fingerprint density at radius 2 is 2.12 bits per heavy atom. The van der Waals surface area contributed by atoms with Crippen molar-refractivity contribution in [1.29, 1.82) is 0 Å². The van der Waals surface area contributed by atoms with Gasteiger partial charge in [0.05, 0.1) is 6.61 Å². The minimum absolute atomic E-state index is 0.0935. The van der Waals surface area contributed by atoms with E-state index in [-0.39, 0.29) is 5.97 Å². The number of esters is 1. The highest BCUT2D eigenvalue weighted by Gasteiger charge is 2.39. The summed E-state index contributed by atoms with van der Waals surface area (Å²) in [6, 6.07) is 0.528. The molecule has 1 aliphatic carbocycles. The van der Waals surface area contributed by atoms with E-state index in [2.05, 4.69) is 12.2 Å². The van der Waals surface area contributed by atoms with Crippen LogP contribution in [-0.2, 0) is 9.53 Å². The average molecular weight is 259 g/mol. The lowest BCUT2D eigenvalue weighted by atomic mass is 9.99. The molecule has 0 saturated heterocycles. The zero-order chi connectivity index (χ0) is 12.7. The predicted octanol–water partition coefficient (Wildman–Crippen LogP) is 2.59. The molecule has 100 valence electrons. The standard InChI is InChI=1S/C13H25NO2S/c1-4-9-17-10-8-13(3,12(15)16-5-2)14-11-6-7-11/h11,14H,4-10H2,1-3H3. The van der Waals surface area contributed by atoms with Crippen LogP contribution in [0.15, 0.2) is 0 Å². The molecule has 1 atom stereocenters. The van der Waals surface area contributed by atoms with Crippen molar-refractivity contribution in [2.45, 2.75) is 58.0 Å². The first-order valence-corrected chi connectivity index (χ1v) is 7.80. The molecule has 17 heavy (non-hydrogen) atoms. The number of ether oxygens (including phenoxy) is 1. The Hall–Kier alpha value is -0.220. The number of carbonyl (C=O) groups excluding carboxylic acids is 1. The lowest BCUT2D eigenvalue weighted by molar-refractivity contribution is -0.150. The van der Waals surface area contributed by atoms with Gasteiger partial charge in [0.25, 0.3) is 0 Å². The number of hydrogen-bond donors (Lipinski definition) is 1. The van der Waals surface area contributed by atoms with Crippen LogP contribution in [0.3, 0.4) is 0 Å². The predicted molar refractivity (Wildman–Crippen MR) is 73.4 cm³/mol. The molecular weight excluding hydrogens is 234 g/mol. The van der Waals surface area contributed by atoms with E-state index in [9.17, 15) is 4.79 Å². The van der Waals surface area contributed by atoms with Crippen molar-refractivity contribution in [2.75, 3.05) is 18.1 Å². The van der Waals surface area contributed by atoms with Crippen LogP contribution in [0, 0.1) is 0 Å². The smallest absolute Gasteiger partial charge is 0.326 e. The molecule has 4 heteroatoms. The molecule has 0 bridgehead atoms. The van der Waals surface area contributed by atoms with Crippen molar-refractivity contribution in [2.24, 2.45) is 0 Å². The number of nitrogens with one attached hydrogen (secondary N) is 1. The van der Waals surface area contributed by atoms with Crippen molar-refractivity contribution in [3.63, 3.8) is 0 Å². The van der Waals surface area contributed by atoms with Crippen LogP contribution in [-0.4, -0.2) is 35.7 Å². The molecule has 3 nitrogen and oxygen atoms in total. The fourth-order valence-electron chi connectivity index (χ4n) is 1.72. The van der Waals surface area contributed by atoms with Crippen molar-refractivity contribution in [3.05, 3.63) is 0 Å². The number of thioether (sulfide) groups is 1. The Balaban J connectivity index is 2.41. The maximum atomic E-state index is 12.0. The van der Waals surface area contributed by atoms with Gasteiger partial charge < -0.3 is 4.74 Å². The SMILES string of the molecule is CCCSCCC(C)(NC1CC1)C(=O)OCC. The summed E-state index contributed by atoms with van der Waals surface area (Å²) in [5.41, 5.74) is -0.488. The van der Waals surface area contributed by atoms with E-state index in [1.807, 2.05) is 25.6 Å². The van der Waals surface area contributed by atoms with Crippen LogP contribution < -0.4 is 5.32 Å². The molecule has 0 spiro atoms. The highest BCUT2D eigenvalue weighted by Crippen LogP contribution is 2.26. The molecule has 0 aromatic carbocycles. The lowest BCUT2D eigenvalue weighted by Gasteiger charge is -2.28. The van der Waals surface area contributed by atoms with Gasteiger partial charge in [0.15, 0.2) is 0 Å². The summed E-state index contributed by atoms with van der Waals surface area (Å²) < 4.78 is 5.18. The number of rotatable bonds is 9. The van der Waals surface area contributed by atoms with Gasteiger partial charge in [0.2, 0.25) is 0 Å². The summed E-state index contributed by atoms with van der Waals surface area (Å²) in [7, 11) is 0. The van der Waals surface area contributed by atoms with Crippen LogP contribution >= 0.6 is 11.8 Å². The first-order chi connectivity index (χ1) is 8.12. The molecule has 0 radical (unpaired) electrons. The third kappa shape index (κ3) is 5.30. The van der Waals surface area contributed by atoms with Gasteiger partial charge in [-0.1, -0.05) is 6.92 Å². The lowest BCUT2D eigenvalue weighted by Crippen LogP contribution is -2.52. The van der Waals surface area contributed by atoms with E-state index in [4.69, 9.17) is 4.74 Å². The fourth-order valence-corrected chi connectivity index (χ4v) is 2.77. The molecule has 0 aliphatic heterocycles. The molecule has 0 aromatic rings. The average Bonchev–Trinajstić information content (AvgIpc) is 3.08. The molecule has 1 N–H and O–H groups in total. The maximum Gasteiger partial charge on any atom is 0.326 e. The molecule has 0 heterocycles. The van der Waals surface area contributed by atoms with Gasteiger partial charge >= 0.3 is 5.97 Å². The third-order valence-corrected chi connectivity index (χ3v) is 4.11. The van der Waals surface area contributed by atoms with E-state index in [1.165, 1.54) is 25.0 Å². The summed E-state index contributed by atoms with van der Waals surface area (Å²) in [6.45, 7) is 6.49. The minimum Gasteiger partial charge on any atom is -0.465 e.